The van der Waals surface area contributed by atoms with E-state index < -0.39 is 30.4 Å². The van der Waals surface area contributed by atoms with Crippen LogP contribution in [-0.2, 0) is 17.8 Å². The van der Waals surface area contributed by atoms with Gasteiger partial charge in [0.25, 0.3) is 5.91 Å². The van der Waals surface area contributed by atoms with E-state index in [0.29, 0.717) is 4.68 Å². The molecule has 1 aromatic carbocycles. The van der Waals surface area contributed by atoms with E-state index in [9.17, 15) is 27.2 Å². The molecular weight excluding hydrogens is 422 g/mol. The molecule has 3 N–H and O–H groups in total. The molecule has 0 unspecified atom stereocenters. The van der Waals surface area contributed by atoms with Crippen LogP contribution in [0.5, 0.6) is 11.6 Å². The van der Waals surface area contributed by atoms with E-state index >= 15 is 0 Å². The second kappa shape index (κ2) is 8.81. The van der Waals surface area contributed by atoms with Crippen LogP contribution in [0.3, 0.4) is 0 Å². The summed E-state index contributed by atoms with van der Waals surface area (Å²) in [4.78, 5) is 27.3. The van der Waals surface area contributed by atoms with Crippen molar-refractivity contribution in [2.24, 2.45) is 5.73 Å². The fourth-order valence-electron chi connectivity index (χ4n) is 2.57. The van der Waals surface area contributed by atoms with Crippen molar-refractivity contribution in [3.05, 3.63) is 65.7 Å². The van der Waals surface area contributed by atoms with Crippen molar-refractivity contribution in [1.29, 1.82) is 0 Å². The van der Waals surface area contributed by atoms with Gasteiger partial charge in [-0.2, -0.15) is 18.3 Å². The molecular formula is C19H15F4N5O3. The Bertz CT molecular complexity index is 1110. The lowest BCUT2D eigenvalue weighted by atomic mass is 10.1. The zero-order chi connectivity index (χ0) is 22.6. The number of amides is 2. The fraction of sp³-hybridized carbons (Fsp3) is 0.158. The van der Waals surface area contributed by atoms with Gasteiger partial charge in [-0.05, 0) is 29.8 Å². The normalized spacial score (nSPS) is 11.2. The number of hydrogen-bond acceptors (Lipinski definition) is 5. The monoisotopic (exact) mass is 437 g/mol. The van der Waals surface area contributed by atoms with Crippen molar-refractivity contribution in [3.8, 4) is 11.6 Å². The summed E-state index contributed by atoms with van der Waals surface area (Å²) in [5.41, 5.74) is 5.46. The Morgan fingerprint density at radius 3 is 2.65 bits per heavy atom. The quantitative estimate of drug-likeness (QED) is 0.552. The predicted octanol–water partition coefficient (Wildman–Crippen LogP) is 3.05. The van der Waals surface area contributed by atoms with Crippen LogP contribution in [0.2, 0.25) is 0 Å². The molecule has 2 amide bonds. The van der Waals surface area contributed by atoms with Crippen molar-refractivity contribution in [2.75, 3.05) is 5.32 Å². The van der Waals surface area contributed by atoms with Gasteiger partial charge in [-0.3, -0.25) is 14.3 Å². The van der Waals surface area contributed by atoms with Crippen molar-refractivity contribution in [1.82, 2.24) is 14.8 Å². The SMILES string of the molecule is NC(=O)c1cccnc1Oc1ccc(CC(=O)Nc2ccn(CC(F)(F)F)n2)cc1F. The van der Waals surface area contributed by atoms with Crippen molar-refractivity contribution in [2.45, 2.75) is 19.1 Å². The van der Waals surface area contributed by atoms with Gasteiger partial charge in [0.15, 0.2) is 17.4 Å². The molecule has 0 spiro atoms. The van der Waals surface area contributed by atoms with Crippen LogP contribution in [0.1, 0.15) is 15.9 Å². The maximum Gasteiger partial charge on any atom is 0.408 e. The van der Waals surface area contributed by atoms with Gasteiger partial charge in [0, 0.05) is 18.5 Å². The third-order valence-corrected chi connectivity index (χ3v) is 3.85. The maximum absolute atomic E-state index is 14.4. The maximum atomic E-state index is 14.4. The number of benzene rings is 1. The number of pyridine rings is 1. The first-order valence-corrected chi connectivity index (χ1v) is 8.72. The molecule has 12 heteroatoms. The third-order valence-electron chi connectivity index (χ3n) is 3.85. The molecule has 0 radical (unpaired) electrons. The molecule has 8 nitrogen and oxygen atoms in total. The number of nitrogens with zero attached hydrogens (tertiary/aromatic N) is 3. The Morgan fingerprint density at radius 1 is 1.19 bits per heavy atom. The molecule has 0 saturated heterocycles. The number of ether oxygens (including phenoxy) is 1. The lowest BCUT2D eigenvalue weighted by molar-refractivity contribution is -0.142. The van der Waals surface area contributed by atoms with Gasteiger partial charge in [0.05, 0.1) is 6.42 Å². The summed E-state index contributed by atoms with van der Waals surface area (Å²) in [6.45, 7) is -1.29. The second-order valence-electron chi connectivity index (χ2n) is 6.33. The van der Waals surface area contributed by atoms with Crippen LogP contribution < -0.4 is 15.8 Å². The van der Waals surface area contributed by atoms with E-state index in [1.54, 1.807) is 0 Å². The molecule has 2 heterocycles. The number of primary amides is 1. The molecule has 0 bridgehead atoms. The highest BCUT2D eigenvalue weighted by Crippen LogP contribution is 2.26. The molecule has 3 aromatic rings. The standard InChI is InChI=1S/C19H15F4N5O3/c20-13-8-11(3-4-14(13)31-18-12(17(24)30)2-1-6-25-18)9-16(29)26-15-5-7-28(27-15)10-19(21,22)23/h1-8H,9-10H2,(H2,24,30)(H,26,27,29). The predicted molar refractivity (Wildman–Crippen MR) is 99.8 cm³/mol. The number of nitrogens with one attached hydrogen (secondary N) is 1. The molecule has 0 aliphatic heterocycles. The number of aromatic nitrogens is 3. The Morgan fingerprint density at radius 2 is 1.97 bits per heavy atom. The highest BCUT2D eigenvalue weighted by molar-refractivity contribution is 5.95. The van der Waals surface area contributed by atoms with E-state index in [1.807, 2.05) is 0 Å². The number of carbonyl (C=O) groups is 2. The third kappa shape index (κ3) is 6.01. The van der Waals surface area contributed by atoms with Crippen LogP contribution in [0.25, 0.3) is 0 Å². The average Bonchev–Trinajstić information content (AvgIpc) is 3.08. The summed E-state index contributed by atoms with van der Waals surface area (Å²) in [6.07, 6.45) is -2.29. The first-order chi connectivity index (χ1) is 14.6. The van der Waals surface area contributed by atoms with E-state index in [2.05, 4.69) is 15.4 Å². The number of rotatable bonds is 7. The molecule has 0 saturated carbocycles. The Balaban J connectivity index is 1.64. The van der Waals surface area contributed by atoms with Gasteiger partial charge in [-0.25, -0.2) is 9.37 Å². The minimum atomic E-state index is -4.44. The molecule has 3 rings (SSSR count). The summed E-state index contributed by atoms with van der Waals surface area (Å²) in [6, 6.07) is 7.76. The van der Waals surface area contributed by atoms with Crippen LogP contribution in [0.15, 0.2) is 48.8 Å². The Kier molecular flexibility index (Phi) is 6.18. The highest BCUT2D eigenvalue weighted by Gasteiger charge is 2.28. The number of alkyl halides is 3. The number of carbonyl (C=O) groups excluding carboxylic acids is 2. The van der Waals surface area contributed by atoms with Gasteiger partial charge in [-0.1, -0.05) is 6.07 Å². The second-order valence-corrected chi connectivity index (χ2v) is 6.33. The molecule has 162 valence electrons. The van der Waals surface area contributed by atoms with Gasteiger partial charge in [0.2, 0.25) is 11.8 Å². The number of halogens is 4. The first-order valence-electron chi connectivity index (χ1n) is 8.72. The first kappa shape index (κ1) is 21.7. The minimum Gasteiger partial charge on any atom is -0.435 e. The number of hydrogen-bond donors (Lipinski definition) is 2. The fourth-order valence-corrected chi connectivity index (χ4v) is 2.57. The smallest absolute Gasteiger partial charge is 0.408 e. The van der Waals surface area contributed by atoms with Crippen LogP contribution in [0, 0.1) is 5.82 Å². The lowest BCUT2D eigenvalue weighted by Gasteiger charge is -2.10. The molecule has 0 atom stereocenters. The zero-order valence-corrected chi connectivity index (χ0v) is 15.7. The van der Waals surface area contributed by atoms with Gasteiger partial charge < -0.3 is 15.8 Å². The van der Waals surface area contributed by atoms with E-state index in [1.165, 1.54) is 36.5 Å². The van der Waals surface area contributed by atoms with E-state index in [0.717, 1.165) is 12.3 Å². The van der Waals surface area contributed by atoms with Gasteiger partial charge in [0.1, 0.15) is 12.1 Å². The zero-order valence-electron chi connectivity index (χ0n) is 15.7. The largest absolute Gasteiger partial charge is 0.435 e. The van der Waals surface area contributed by atoms with Crippen molar-refractivity contribution < 1.29 is 31.9 Å². The summed E-state index contributed by atoms with van der Waals surface area (Å²) < 4.78 is 57.4. The average molecular weight is 437 g/mol. The highest BCUT2D eigenvalue weighted by atomic mass is 19.4. The van der Waals surface area contributed by atoms with Crippen LogP contribution in [0.4, 0.5) is 23.4 Å². The van der Waals surface area contributed by atoms with E-state index in [4.69, 9.17) is 10.5 Å². The summed E-state index contributed by atoms with van der Waals surface area (Å²) in [5, 5.41) is 5.94. The van der Waals surface area contributed by atoms with Crippen molar-refractivity contribution in [3.63, 3.8) is 0 Å². The Labute approximate surface area is 172 Å². The van der Waals surface area contributed by atoms with Gasteiger partial charge in [-0.15, -0.1) is 0 Å². The number of anilines is 1. The van der Waals surface area contributed by atoms with Gasteiger partial charge >= 0.3 is 6.18 Å². The van der Waals surface area contributed by atoms with E-state index in [-0.39, 0.29) is 35.0 Å². The summed E-state index contributed by atoms with van der Waals surface area (Å²) in [7, 11) is 0. The topological polar surface area (TPSA) is 112 Å². The molecule has 0 fully saturated rings. The lowest BCUT2D eigenvalue weighted by Crippen LogP contribution is -2.19. The minimum absolute atomic E-state index is 0.0321. The van der Waals surface area contributed by atoms with Crippen molar-refractivity contribution >= 4 is 17.6 Å². The summed E-state index contributed by atoms with van der Waals surface area (Å²) >= 11 is 0. The molecule has 31 heavy (non-hydrogen) atoms. The number of nitrogens with two attached hydrogens (primary N) is 1. The van der Waals surface area contributed by atoms with Crippen LogP contribution in [-0.4, -0.2) is 32.8 Å². The molecule has 0 aliphatic rings. The molecule has 0 aliphatic carbocycles. The molecule has 2 aromatic heterocycles. The van der Waals surface area contributed by atoms with Crippen LogP contribution >= 0.6 is 0 Å². The summed E-state index contributed by atoms with van der Waals surface area (Å²) in [5.74, 6) is -2.70. The Hall–Kier alpha value is -3.96.